The number of hydrogen-bond donors (Lipinski definition) is 0. The van der Waals surface area contributed by atoms with Crippen LogP contribution in [0.25, 0.3) is 21.5 Å². The molecule has 0 saturated carbocycles. The summed E-state index contributed by atoms with van der Waals surface area (Å²) in [6.45, 7) is 0. The van der Waals surface area contributed by atoms with Gasteiger partial charge in [-0.2, -0.15) is 0 Å². The fraction of sp³-hybridized carbons (Fsp3) is 0.176. The lowest BCUT2D eigenvalue weighted by molar-refractivity contribution is 0.140. The second-order valence-electron chi connectivity index (χ2n) is 4.89. The molecule has 3 aromatic carbocycles. The average molecular weight is 298 g/mol. The van der Waals surface area contributed by atoms with Crippen LogP contribution in [-0.4, -0.2) is 30.1 Å². The lowest BCUT2D eigenvalue weighted by Gasteiger charge is -2.25. The molecule has 0 aliphatic rings. The van der Waals surface area contributed by atoms with Crippen LogP contribution in [0.1, 0.15) is 0 Å². The summed E-state index contributed by atoms with van der Waals surface area (Å²) in [5, 5.41) is 5.70. The molecule has 108 valence electrons. The Bertz CT molecular complexity index is 773. The van der Waals surface area contributed by atoms with Crippen molar-refractivity contribution in [3.8, 4) is 0 Å². The standard InChI is InChI=1S/C17H18O3Si/c1-18-21(19-2,20-3)17-10-6-9-15-11-13-7-4-5-8-14(13)12-16(15)17/h4-12H,1-3H3. The van der Waals surface area contributed by atoms with Crippen LogP contribution in [0, 0.1) is 0 Å². The Morgan fingerprint density at radius 3 is 1.86 bits per heavy atom. The highest BCUT2D eigenvalue weighted by molar-refractivity contribution is 6.77. The normalized spacial score (nSPS) is 12.1. The summed E-state index contributed by atoms with van der Waals surface area (Å²) < 4.78 is 16.9. The van der Waals surface area contributed by atoms with E-state index >= 15 is 0 Å². The summed E-state index contributed by atoms with van der Waals surface area (Å²) in [4.78, 5) is 0. The largest absolute Gasteiger partial charge is 0.537 e. The minimum Gasteiger partial charge on any atom is -0.373 e. The van der Waals surface area contributed by atoms with Crippen molar-refractivity contribution in [2.45, 2.75) is 0 Å². The quantitative estimate of drug-likeness (QED) is 0.547. The van der Waals surface area contributed by atoms with Gasteiger partial charge in [-0.25, -0.2) is 0 Å². The zero-order chi connectivity index (χ0) is 14.9. The van der Waals surface area contributed by atoms with E-state index in [2.05, 4.69) is 36.4 Å². The van der Waals surface area contributed by atoms with Crippen LogP contribution in [0.5, 0.6) is 0 Å². The molecule has 3 aromatic rings. The smallest absolute Gasteiger partial charge is 0.373 e. The molecule has 3 rings (SSSR count). The molecule has 0 aromatic heterocycles. The van der Waals surface area contributed by atoms with Crippen molar-refractivity contribution in [2.75, 3.05) is 21.3 Å². The van der Waals surface area contributed by atoms with Gasteiger partial charge in [0.15, 0.2) is 0 Å². The van der Waals surface area contributed by atoms with Crippen LogP contribution < -0.4 is 5.19 Å². The fourth-order valence-corrected chi connectivity index (χ4v) is 4.82. The maximum absolute atomic E-state index is 5.64. The van der Waals surface area contributed by atoms with Gasteiger partial charge in [0.2, 0.25) is 0 Å². The third-order valence-corrected chi connectivity index (χ3v) is 6.59. The predicted octanol–water partition coefficient (Wildman–Crippen LogP) is 3.08. The first kappa shape index (κ1) is 14.2. The van der Waals surface area contributed by atoms with Crippen molar-refractivity contribution in [1.82, 2.24) is 0 Å². The predicted molar refractivity (Wildman–Crippen MR) is 87.9 cm³/mol. The third-order valence-electron chi connectivity index (χ3n) is 3.88. The van der Waals surface area contributed by atoms with E-state index in [1.165, 1.54) is 10.8 Å². The van der Waals surface area contributed by atoms with E-state index in [0.29, 0.717) is 0 Å². The molecule has 4 heteroatoms. The Morgan fingerprint density at radius 1 is 0.667 bits per heavy atom. The van der Waals surface area contributed by atoms with E-state index in [1.54, 1.807) is 21.3 Å². The molecule has 0 unspecified atom stereocenters. The maximum atomic E-state index is 5.64. The molecule has 0 aliphatic heterocycles. The van der Waals surface area contributed by atoms with Crippen molar-refractivity contribution < 1.29 is 13.3 Å². The van der Waals surface area contributed by atoms with Crippen LogP contribution in [0.2, 0.25) is 0 Å². The molecular weight excluding hydrogens is 280 g/mol. The van der Waals surface area contributed by atoms with Crippen LogP contribution in [0.4, 0.5) is 0 Å². The minimum absolute atomic E-state index is 0.998. The second kappa shape index (κ2) is 5.58. The lowest BCUT2D eigenvalue weighted by Crippen LogP contribution is -2.54. The molecule has 0 radical (unpaired) electrons. The molecule has 21 heavy (non-hydrogen) atoms. The van der Waals surface area contributed by atoms with Gasteiger partial charge >= 0.3 is 8.80 Å². The number of benzene rings is 3. The highest BCUT2D eigenvalue weighted by atomic mass is 28.4. The molecule has 0 heterocycles. The first-order valence-corrected chi connectivity index (χ1v) is 8.54. The lowest BCUT2D eigenvalue weighted by atomic mass is 10.0. The van der Waals surface area contributed by atoms with Crippen molar-refractivity contribution in [3.63, 3.8) is 0 Å². The summed E-state index contributed by atoms with van der Waals surface area (Å²) >= 11 is 0. The van der Waals surface area contributed by atoms with Gasteiger partial charge in [0, 0.05) is 26.5 Å². The van der Waals surface area contributed by atoms with Gasteiger partial charge in [-0.3, -0.25) is 0 Å². The number of hydrogen-bond acceptors (Lipinski definition) is 3. The Balaban J connectivity index is 2.35. The summed E-state index contributed by atoms with van der Waals surface area (Å²) in [6.07, 6.45) is 0. The molecular formula is C17H18O3Si. The minimum atomic E-state index is -2.85. The molecule has 0 amide bonds. The fourth-order valence-electron chi connectivity index (χ4n) is 2.81. The number of fused-ring (bicyclic) bond motifs is 2. The molecule has 0 fully saturated rings. The molecule has 0 N–H and O–H groups in total. The van der Waals surface area contributed by atoms with Gasteiger partial charge in [0.05, 0.1) is 0 Å². The van der Waals surface area contributed by atoms with Crippen molar-refractivity contribution in [3.05, 3.63) is 54.6 Å². The monoisotopic (exact) mass is 298 g/mol. The van der Waals surface area contributed by atoms with Gasteiger partial charge in [-0.1, -0.05) is 42.5 Å². The van der Waals surface area contributed by atoms with Crippen LogP contribution in [-0.2, 0) is 13.3 Å². The van der Waals surface area contributed by atoms with E-state index in [4.69, 9.17) is 13.3 Å². The number of rotatable bonds is 4. The third kappa shape index (κ3) is 2.26. The first-order chi connectivity index (χ1) is 10.2. The Kier molecular flexibility index (Phi) is 3.78. The summed E-state index contributed by atoms with van der Waals surface area (Å²) in [6, 6.07) is 18.8. The zero-order valence-electron chi connectivity index (χ0n) is 12.4. The Hall–Kier alpha value is -1.72. The molecule has 0 atom stereocenters. The van der Waals surface area contributed by atoms with Gasteiger partial charge in [-0.15, -0.1) is 0 Å². The van der Waals surface area contributed by atoms with Gasteiger partial charge < -0.3 is 13.3 Å². The first-order valence-electron chi connectivity index (χ1n) is 6.81. The second-order valence-corrected chi connectivity index (χ2v) is 7.77. The van der Waals surface area contributed by atoms with Crippen molar-refractivity contribution in [2.24, 2.45) is 0 Å². The highest BCUT2D eigenvalue weighted by Gasteiger charge is 2.42. The molecule has 0 bridgehead atoms. The highest BCUT2D eigenvalue weighted by Crippen LogP contribution is 2.23. The van der Waals surface area contributed by atoms with E-state index in [9.17, 15) is 0 Å². The van der Waals surface area contributed by atoms with E-state index in [-0.39, 0.29) is 0 Å². The topological polar surface area (TPSA) is 27.7 Å². The maximum Gasteiger partial charge on any atom is 0.537 e. The molecule has 3 nitrogen and oxygen atoms in total. The van der Waals surface area contributed by atoms with Gasteiger partial charge in [0.25, 0.3) is 0 Å². The average Bonchev–Trinajstić information content (AvgIpc) is 2.55. The SMILES string of the molecule is CO[Si](OC)(OC)c1cccc2cc3ccccc3cc12. The summed E-state index contributed by atoms with van der Waals surface area (Å²) in [5.74, 6) is 0. The zero-order valence-corrected chi connectivity index (χ0v) is 13.4. The Labute approximate surface area is 125 Å². The van der Waals surface area contributed by atoms with Crippen LogP contribution in [0.3, 0.4) is 0 Å². The van der Waals surface area contributed by atoms with Gasteiger partial charge in [-0.05, 0) is 33.7 Å². The molecule has 0 spiro atoms. The molecule has 0 saturated heterocycles. The van der Waals surface area contributed by atoms with Gasteiger partial charge in [0.1, 0.15) is 0 Å². The van der Waals surface area contributed by atoms with E-state index in [0.717, 1.165) is 16.0 Å². The molecule has 0 aliphatic carbocycles. The van der Waals surface area contributed by atoms with E-state index < -0.39 is 8.80 Å². The van der Waals surface area contributed by atoms with E-state index in [1.807, 2.05) is 18.2 Å². The van der Waals surface area contributed by atoms with Crippen molar-refractivity contribution in [1.29, 1.82) is 0 Å². The Morgan fingerprint density at radius 2 is 1.24 bits per heavy atom. The summed E-state index contributed by atoms with van der Waals surface area (Å²) in [5.41, 5.74) is 0. The summed E-state index contributed by atoms with van der Waals surface area (Å²) in [7, 11) is 2.07. The van der Waals surface area contributed by atoms with Crippen LogP contribution in [0.15, 0.2) is 54.6 Å². The van der Waals surface area contributed by atoms with Crippen molar-refractivity contribution >= 4 is 35.5 Å². The van der Waals surface area contributed by atoms with Crippen LogP contribution >= 0.6 is 0 Å².